The van der Waals surface area contributed by atoms with Gasteiger partial charge in [-0.25, -0.2) is 4.98 Å². The van der Waals surface area contributed by atoms with E-state index in [0.717, 1.165) is 5.69 Å². The average Bonchev–Trinajstić information content (AvgIpc) is 2.22. The number of rotatable bonds is 1. The van der Waals surface area contributed by atoms with E-state index in [1.807, 2.05) is 6.20 Å². The van der Waals surface area contributed by atoms with Gasteiger partial charge in [-0.3, -0.25) is 0 Å². The van der Waals surface area contributed by atoms with Gasteiger partial charge in [0.15, 0.2) is 12.4 Å². The Kier molecular flexibility index (Phi) is 7.15. The molecule has 0 radical (unpaired) electrons. The maximum absolute atomic E-state index is 3.27. The van der Waals surface area contributed by atoms with E-state index in [9.17, 15) is 0 Å². The van der Waals surface area contributed by atoms with Crippen molar-refractivity contribution in [2.75, 3.05) is 0 Å². The molecule has 0 aliphatic rings. The molecule has 0 aliphatic heterocycles. The Hall–Kier alpha value is -0.240. The van der Waals surface area contributed by atoms with Crippen molar-refractivity contribution in [1.29, 1.82) is 0 Å². The number of aromatic amines is 1. The Labute approximate surface area is 137 Å². The number of hydrogen-bond donors (Lipinski definition) is 0. The largest absolute Gasteiger partial charge is 1.00 e. The molecule has 2 aromatic rings. The summed E-state index contributed by atoms with van der Waals surface area (Å²) in [6.45, 7) is 4.21. The minimum atomic E-state index is 0. The summed E-state index contributed by atoms with van der Waals surface area (Å²) in [6.07, 6.45) is 4.06. The third kappa shape index (κ3) is 4.17. The zero-order valence-corrected chi connectivity index (χ0v) is 14.5. The lowest BCUT2D eigenvalue weighted by Gasteiger charge is -1.97. The van der Waals surface area contributed by atoms with Crippen LogP contribution in [0.3, 0.4) is 0 Å². The van der Waals surface area contributed by atoms with E-state index in [0.29, 0.717) is 0 Å². The predicted octanol–water partition coefficient (Wildman–Crippen LogP) is -4.38. The molecule has 0 aromatic carbocycles. The molecule has 2 aromatic heterocycles. The standard InChI is InChI=1S/C13H15N2.2HI/c1-10-4-6-14-12(8-10)13-9-11(2)5-7-15(13)3;;/h4-9H,1-3H3;2*1H/q+1;;/p-1. The lowest BCUT2D eigenvalue weighted by Crippen LogP contribution is -3.00. The minimum Gasteiger partial charge on any atom is -1.00 e. The molecule has 0 amide bonds. The van der Waals surface area contributed by atoms with Gasteiger partial charge in [-0.05, 0) is 25.0 Å². The van der Waals surface area contributed by atoms with Crippen molar-refractivity contribution in [3.63, 3.8) is 0 Å². The molecule has 2 nitrogen and oxygen atoms in total. The highest BCUT2D eigenvalue weighted by Crippen LogP contribution is 2.11. The zero-order valence-electron chi connectivity index (χ0n) is 10.2. The van der Waals surface area contributed by atoms with E-state index in [4.69, 9.17) is 0 Å². The van der Waals surface area contributed by atoms with E-state index in [1.54, 1.807) is 0 Å². The molecule has 0 fully saturated rings. The van der Waals surface area contributed by atoms with Gasteiger partial charge in [0.2, 0.25) is 0 Å². The molecule has 0 atom stereocenters. The molecule has 0 unspecified atom stereocenters. The maximum Gasteiger partial charge on any atom is 0.277 e. The second kappa shape index (κ2) is 7.25. The minimum absolute atomic E-state index is 0. The lowest BCUT2D eigenvalue weighted by atomic mass is 10.1. The highest BCUT2D eigenvalue weighted by atomic mass is 127. The lowest BCUT2D eigenvalue weighted by molar-refractivity contribution is -0.663. The van der Waals surface area contributed by atoms with Crippen LogP contribution in [0.4, 0.5) is 0 Å². The third-order valence-corrected chi connectivity index (χ3v) is 2.54. The normalized spacial score (nSPS) is 9.12. The molecule has 0 saturated carbocycles. The van der Waals surface area contributed by atoms with Crippen molar-refractivity contribution in [3.8, 4) is 11.4 Å². The predicted molar refractivity (Wildman–Crippen MR) is 59.1 cm³/mol. The van der Waals surface area contributed by atoms with Crippen LogP contribution < -0.4 is 57.5 Å². The van der Waals surface area contributed by atoms with Crippen LogP contribution in [0, 0.1) is 13.8 Å². The second-order valence-electron chi connectivity index (χ2n) is 3.98. The smallest absolute Gasteiger partial charge is 0.277 e. The Morgan fingerprint density at radius 2 is 1.65 bits per heavy atom. The molecule has 17 heavy (non-hydrogen) atoms. The number of halogens is 2. The molecule has 0 bridgehead atoms. The Balaban J connectivity index is 0.00000128. The van der Waals surface area contributed by atoms with Gasteiger partial charge in [-0.2, -0.15) is 4.57 Å². The summed E-state index contributed by atoms with van der Waals surface area (Å²) in [5.74, 6) is 0. The van der Waals surface area contributed by atoms with Crippen molar-refractivity contribution >= 4 is 0 Å². The van der Waals surface area contributed by atoms with Crippen molar-refractivity contribution in [3.05, 3.63) is 47.8 Å². The van der Waals surface area contributed by atoms with E-state index < -0.39 is 0 Å². The van der Waals surface area contributed by atoms with Crippen LogP contribution in [0.2, 0.25) is 0 Å². The highest BCUT2D eigenvalue weighted by molar-refractivity contribution is 5.48. The van der Waals surface area contributed by atoms with Gasteiger partial charge in [0.25, 0.3) is 11.4 Å². The van der Waals surface area contributed by atoms with Crippen LogP contribution in [0.25, 0.3) is 11.4 Å². The van der Waals surface area contributed by atoms with Crippen LogP contribution in [0.5, 0.6) is 0 Å². The summed E-state index contributed by atoms with van der Waals surface area (Å²) >= 11 is 0. The van der Waals surface area contributed by atoms with Gasteiger partial charge < -0.3 is 48.0 Å². The number of nitrogens with one attached hydrogen (secondary N) is 1. The highest BCUT2D eigenvalue weighted by Gasteiger charge is 2.15. The molecule has 1 N–H and O–H groups in total. The van der Waals surface area contributed by atoms with E-state index >= 15 is 0 Å². The fraction of sp³-hybridized carbons (Fsp3) is 0.231. The fourth-order valence-electron chi connectivity index (χ4n) is 1.67. The zero-order chi connectivity index (χ0) is 10.8. The first-order chi connectivity index (χ1) is 7.16. The average molecular weight is 454 g/mol. The van der Waals surface area contributed by atoms with Crippen LogP contribution in [-0.2, 0) is 7.05 Å². The molecule has 0 aliphatic carbocycles. The first kappa shape index (κ1) is 16.8. The van der Waals surface area contributed by atoms with Gasteiger partial charge in [0, 0.05) is 24.3 Å². The number of nitrogens with zero attached hydrogens (tertiary/aromatic N) is 1. The van der Waals surface area contributed by atoms with Gasteiger partial charge >= 0.3 is 0 Å². The molecule has 4 heteroatoms. The van der Waals surface area contributed by atoms with Crippen LogP contribution >= 0.6 is 0 Å². The van der Waals surface area contributed by atoms with Gasteiger partial charge in [0.05, 0.1) is 0 Å². The molecule has 92 valence electrons. The summed E-state index contributed by atoms with van der Waals surface area (Å²) in [5, 5.41) is 0. The number of pyridine rings is 2. The molecular weight excluding hydrogens is 438 g/mol. The summed E-state index contributed by atoms with van der Waals surface area (Å²) in [6, 6.07) is 8.53. The SMILES string of the molecule is Cc1cc[nH+]c(-c2cc(C)cc[n+]2C)c1.[I-].[I-]. The topological polar surface area (TPSA) is 18.0 Å². The molecule has 0 saturated heterocycles. The summed E-state index contributed by atoms with van der Waals surface area (Å²) in [4.78, 5) is 3.27. The van der Waals surface area contributed by atoms with Crippen molar-refractivity contribution < 1.29 is 57.5 Å². The second-order valence-corrected chi connectivity index (χ2v) is 3.98. The van der Waals surface area contributed by atoms with Crippen LogP contribution in [0.1, 0.15) is 11.1 Å². The van der Waals surface area contributed by atoms with Crippen LogP contribution in [-0.4, -0.2) is 0 Å². The first-order valence-corrected chi connectivity index (χ1v) is 5.12. The van der Waals surface area contributed by atoms with Gasteiger partial charge in [-0.15, -0.1) is 0 Å². The summed E-state index contributed by atoms with van der Waals surface area (Å²) in [5.41, 5.74) is 4.91. The molecule has 2 heterocycles. The monoisotopic (exact) mass is 454 g/mol. The quantitative estimate of drug-likeness (QED) is 0.307. The molecule has 0 spiro atoms. The third-order valence-electron chi connectivity index (χ3n) is 2.54. The molecular formula is C13H16I2N2. The van der Waals surface area contributed by atoms with Crippen molar-refractivity contribution in [2.24, 2.45) is 7.05 Å². The van der Waals surface area contributed by atoms with E-state index in [-0.39, 0.29) is 48.0 Å². The molecule has 2 rings (SSSR count). The summed E-state index contributed by atoms with van der Waals surface area (Å²) in [7, 11) is 2.06. The van der Waals surface area contributed by atoms with E-state index in [2.05, 4.69) is 60.9 Å². The Bertz CT molecular complexity index is 499. The van der Waals surface area contributed by atoms with Crippen molar-refractivity contribution in [1.82, 2.24) is 0 Å². The number of hydrogen-bond acceptors (Lipinski definition) is 0. The van der Waals surface area contributed by atoms with Crippen LogP contribution in [0.15, 0.2) is 36.7 Å². The number of aryl methyl sites for hydroxylation is 3. The Morgan fingerprint density at radius 1 is 1.00 bits per heavy atom. The summed E-state index contributed by atoms with van der Waals surface area (Å²) < 4.78 is 2.12. The maximum atomic E-state index is 3.27. The Morgan fingerprint density at radius 3 is 2.29 bits per heavy atom. The number of H-pyrrole nitrogens is 1. The van der Waals surface area contributed by atoms with E-state index in [1.165, 1.54) is 16.8 Å². The van der Waals surface area contributed by atoms with Gasteiger partial charge in [-0.1, -0.05) is 0 Å². The van der Waals surface area contributed by atoms with Crippen molar-refractivity contribution in [2.45, 2.75) is 13.8 Å². The first-order valence-electron chi connectivity index (χ1n) is 5.12. The van der Waals surface area contributed by atoms with Gasteiger partial charge in [0.1, 0.15) is 7.05 Å². The number of aromatic nitrogens is 2. The fourth-order valence-corrected chi connectivity index (χ4v) is 1.67.